The number of aliphatic hydroxyl groups is 1. The number of piperazine rings is 1. The topological polar surface area (TPSA) is 190 Å². The van der Waals surface area contributed by atoms with Gasteiger partial charge in [-0.2, -0.15) is 0 Å². The van der Waals surface area contributed by atoms with E-state index in [-0.39, 0.29) is 41.3 Å². The number of carbonyl (C=O) groups excluding carboxylic acids is 5. The molecule has 0 spiro atoms. The number of halogens is 1. The third-order valence-corrected chi connectivity index (χ3v) is 11.5. The molecule has 15 heteroatoms. The van der Waals surface area contributed by atoms with Crippen LogP contribution in [-0.4, -0.2) is 104 Å². The van der Waals surface area contributed by atoms with Crippen LogP contribution in [0, 0.1) is 11.8 Å². The molecule has 0 saturated carbocycles. The van der Waals surface area contributed by atoms with Crippen molar-refractivity contribution in [1.29, 1.82) is 0 Å². The average molecular weight is 858 g/mol. The first-order chi connectivity index (χ1) is 29.1. The van der Waals surface area contributed by atoms with Crippen molar-refractivity contribution in [2.45, 2.75) is 71.5 Å². The predicted molar refractivity (Wildman–Crippen MR) is 232 cm³/mol. The van der Waals surface area contributed by atoms with Crippen molar-refractivity contribution in [3.8, 4) is 0 Å². The molecule has 14 nitrogen and oxygen atoms in total. The Morgan fingerprint density at radius 2 is 1.64 bits per heavy atom. The number of aliphatic hydroxyl groups excluding tert-OH is 1. The van der Waals surface area contributed by atoms with Crippen molar-refractivity contribution in [1.82, 2.24) is 15.5 Å². The molecule has 61 heavy (non-hydrogen) atoms. The summed E-state index contributed by atoms with van der Waals surface area (Å²) in [5.41, 5.74) is 8.17. The van der Waals surface area contributed by atoms with Gasteiger partial charge in [0, 0.05) is 86.4 Å². The lowest BCUT2D eigenvalue weighted by atomic mass is 9.85. The van der Waals surface area contributed by atoms with E-state index in [9.17, 15) is 29.1 Å². The van der Waals surface area contributed by atoms with E-state index >= 15 is 0 Å². The van der Waals surface area contributed by atoms with E-state index in [1.807, 2.05) is 43.3 Å². The highest BCUT2D eigenvalue weighted by atomic mass is 35.5. The van der Waals surface area contributed by atoms with Crippen molar-refractivity contribution in [2.75, 3.05) is 45.3 Å². The number of allylic oxidation sites excluding steroid dienone is 4. The summed E-state index contributed by atoms with van der Waals surface area (Å²) in [5, 5.41) is 17.5. The maximum atomic E-state index is 14.1. The van der Waals surface area contributed by atoms with Crippen LogP contribution < -0.4 is 21.3 Å². The Hall–Kier alpha value is -5.38. The molecule has 2 heterocycles. The summed E-state index contributed by atoms with van der Waals surface area (Å²) in [6.45, 7) is 11.0. The summed E-state index contributed by atoms with van der Waals surface area (Å²) >= 11 is 6.06. The summed E-state index contributed by atoms with van der Waals surface area (Å²) in [6.07, 6.45) is 2.99. The van der Waals surface area contributed by atoms with E-state index in [0.29, 0.717) is 22.7 Å². The number of ketones is 2. The van der Waals surface area contributed by atoms with Gasteiger partial charge in [0.15, 0.2) is 6.10 Å². The fourth-order valence-electron chi connectivity index (χ4n) is 7.74. The van der Waals surface area contributed by atoms with E-state index in [1.54, 1.807) is 38.1 Å². The summed E-state index contributed by atoms with van der Waals surface area (Å²) < 4.78 is 16.8. The molecule has 6 atom stereocenters. The molecule has 0 unspecified atom stereocenters. The number of primary amides is 1. The number of hydrogen-bond acceptors (Lipinski definition) is 11. The van der Waals surface area contributed by atoms with Crippen LogP contribution >= 0.6 is 11.6 Å². The number of methoxy groups -OCH3 is 2. The molecular formula is C46H56ClN5O9. The van der Waals surface area contributed by atoms with Crippen molar-refractivity contribution in [3.05, 3.63) is 123 Å². The van der Waals surface area contributed by atoms with E-state index in [1.165, 1.54) is 33.3 Å². The molecule has 3 amide bonds. The molecule has 0 radical (unpaired) electrons. The van der Waals surface area contributed by atoms with E-state index in [4.69, 9.17) is 31.5 Å². The monoisotopic (exact) mass is 857 g/mol. The zero-order valence-corrected chi connectivity index (χ0v) is 36.2. The van der Waals surface area contributed by atoms with Crippen LogP contribution in [0.3, 0.4) is 0 Å². The fraction of sp³-hybridized carbons (Fsp3) is 0.413. The second kappa shape index (κ2) is 21.4. The van der Waals surface area contributed by atoms with Crippen LogP contribution in [0.2, 0.25) is 5.02 Å². The Morgan fingerprint density at radius 3 is 2.26 bits per heavy atom. The molecule has 5 rings (SSSR count). The van der Waals surface area contributed by atoms with Gasteiger partial charge in [-0.15, -0.1) is 0 Å². The largest absolute Gasteiger partial charge is 0.439 e. The van der Waals surface area contributed by atoms with Gasteiger partial charge in [-0.3, -0.25) is 24.1 Å². The van der Waals surface area contributed by atoms with Gasteiger partial charge in [-0.05, 0) is 80.1 Å². The van der Waals surface area contributed by atoms with Gasteiger partial charge >= 0.3 is 6.09 Å². The minimum Gasteiger partial charge on any atom is -0.439 e. The Labute approximate surface area is 362 Å². The number of carbonyl (C=O) groups is 5. The van der Waals surface area contributed by atoms with Gasteiger partial charge in [-0.1, -0.05) is 61.9 Å². The lowest BCUT2D eigenvalue weighted by molar-refractivity contribution is -0.120. The lowest BCUT2D eigenvalue weighted by Gasteiger charge is -2.36. The van der Waals surface area contributed by atoms with Gasteiger partial charge in [0.05, 0.1) is 23.6 Å². The molecule has 1 fully saturated rings. The van der Waals surface area contributed by atoms with Crippen LogP contribution in [0.15, 0.2) is 107 Å². The van der Waals surface area contributed by atoms with E-state index in [0.717, 1.165) is 43.5 Å². The molecule has 2 aromatic carbocycles. The highest BCUT2D eigenvalue weighted by Crippen LogP contribution is 2.29. The molecule has 2 bridgehead atoms. The van der Waals surface area contributed by atoms with Crippen LogP contribution in [0.5, 0.6) is 0 Å². The SMILES string of the molecule is CO[C@H]1/C=C\C=C(/C)C(=O)NC2=CC(=O)C(NC(=O)c3ccc(CN4CCN(c5ccc(Cl)cc5)CC4)cc3)=C(C[C@@H](C)C[C@H](OC)[C@H](O)[C@@H](C)/C=C(\C)[C@H]1OC(N)=O)C2=O. The number of nitrogens with two attached hydrogens (primary N) is 1. The highest BCUT2D eigenvalue weighted by Gasteiger charge is 2.34. The Bertz CT molecular complexity index is 2100. The molecule has 3 aliphatic rings. The number of ether oxygens (including phenoxy) is 3. The predicted octanol–water partition coefficient (Wildman–Crippen LogP) is 5.17. The first-order valence-electron chi connectivity index (χ1n) is 20.3. The van der Waals surface area contributed by atoms with E-state index < -0.39 is 59.8 Å². The molecule has 5 N–H and O–H groups in total. The lowest BCUT2D eigenvalue weighted by Crippen LogP contribution is -2.45. The first kappa shape index (κ1) is 46.7. The van der Waals surface area contributed by atoms with Gasteiger partial charge in [0.25, 0.3) is 11.8 Å². The minimum absolute atomic E-state index is 0.00898. The summed E-state index contributed by atoms with van der Waals surface area (Å²) in [4.78, 5) is 71.5. The van der Waals surface area contributed by atoms with Crippen LogP contribution in [-0.2, 0) is 35.1 Å². The summed E-state index contributed by atoms with van der Waals surface area (Å²) in [6, 6.07) is 15.0. The zero-order chi connectivity index (χ0) is 44.4. The summed E-state index contributed by atoms with van der Waals surface area (Å²) in [7, 11) is 2.88. The number of fused-ring (bicyclic) bond motifs is 2. The molecule has 2 aromatic rings. The average Bonchev–Trinajstić information content (AvgIpc) is 3.23. The molecular weight excluding hydrogens is 802 g/mol. The third-order valence-electron chi connectivity index (χ3n) is 11.2. The Morgan fingerprint density at radius 1 is 0.967 bits per heavy atom. The first-order valence-corrected chi connectivity index (χ1v) is 20.7. The van der Waals surface area contributed by atoms with Gasteiger partial charge in [0.2, 0.25) is 11.6 Å². The van der Waals surface area contributed by atoms with Crippen LogP contribution in [0.25, 0.3) is 0 Å². The second-order valence-electron chi connectivity index (χ2n) is 15.8. The molecule has 0 aromatic heterocycles. The third kappa shape index (κ3) is 12.4. The number of anilines is 1. The number of nitrogens with one attached hydrogen (secondary N) is 2. The second-order valence-corrected chi connectivity index (χ2v) is 16.3. The number of benzene rings is 2. The van der Waals surface area contributed by atoms with Gasteiger partial charge < -0.3 is 40.6 Å². The van der Waals surface area contributed by atoms with E-state index in [2.05, 4.69) is 20.4 Å². The molecule has 1 aliphatic carbocycles. The zero-order valence-electron chi connectivity index (χ0n) is 35.5. The van der Waals surface area contributed by atoms with Gasteiger partial charge in [0.1, 0.15) is 6.10 Å². The van der Waals surface area contributed by atoms with Crippen LogP contribution in [0.1, 0.15) is 56.5 Å². The Balaban J connectivity index is 1.36. The number of amides is 3. The molecule has 326 valence electrons. The van der Waals surface area contributed by atoms with Gasteiger partial charge in [-0.25, -0.2) is 4.79 Å². The normalized spacial score (nSPS) is 27.2. The highest BCUT2D eigenvalue weighted by molar-refractivity contribution is 6.30. The van der Waals surface area contributed by atoms with Crippen molar-refractivity contribution in [2.24, 2.45) is 17.6 Å². The smallest absolute Gasteiger partial charge is 0.405 e. The quantitative estimate of drug-likeness (QED) is 0.203. The van der Waals surface area contributed by atoms with Crippen molar-refractivity contribution in [3.63, 3.8) is 0 Å². The standard InChI is InChI=1S/C46H56ClN5O9/c1-27-22-35-40(50-45(57)32-12-10-31(11-13-32)26-51-18-20-52(21-19-51)34-16-14-33(47)15-17-34)37(53)25-36(42(35)55)49-44(56)28(2)8-7-9-38(59-5)43(61-46(48)58)30(4)24-29(3)41(54)39(23-27)60-6/h7-17,24-25,27,29,38-39,41,43,54H,18-23,26H2,1-6H3,(H2,48,58)(H,49,56)(H,50,57)/b9-7-,28-8+,30-24+/t27-,29+,38+,39+,41-,43-/m1/s1. The maximum Gasteiger partial charge on any atom is 0.405 e. The molecule has 1 saturated heterocycles. The minimum atomic E-state index is -1.05. The van der Waals surface area contributed by atoms with Crippen molar-refractivity contribution < 1.29 is 43.3 Å². The Kier molecular flexibility index (Phi) is 16.4. The number of hydrogen-bond donors (Lipinski definition) is 4. The fourth-order valence-corrected chi connectivity index (χ4v) is 7.87. The van der Waals surface area contributed by atoms with Crippen LogP contribution in [0.4, 0.5) is 10.5 Å². The van der Waals surface area contributed by atoms with Crippen molar-refractivity contribution >= 4 is 46.8 Å². The maximum absolute atomic E-state index is 14.1. The molecule has 2 aliphatic heterocycles. The number of nitrogens with zero attached hydrogens (tertiary/aromatic N) is 2. The number of Topliss-reactive ketones (excluding diaryl/α,β-unsaturated/α-hetero) is 1. The number of rotatable bonds is 8. The summed E-state index contributed by atoms with van der Waals surface area (Å²) in [5.74, 6) is -3.39.